The Kier molecular flexibility index (Phi) is 39.7. The normalized spacial score (nSPS) is 18.9. The molecule has 0 aliphatic carbocycles. The molecule has 2 unspecified atom stereocenters. The maximum absolute atomic E-state index is 8.58. The number of nitrogens with two attached hydrogens (primary N) is 1. The lowest BCUT2D eigenvalue weighted by atomic mass is 9.98. The molecule has 1 saturated heterocycles. The van der Waals surface area contributed by atoms with Crippen LogP contribution in [0.3, 0.4) is 0 Å². The van der Waals surface area contributed by atoms with E-state index in [-0.39, 0.29) is 13.2 Å². The van der Waals surface area contributed by atoms with Crippen LogP contribution in [-0.2, 0) is 37.9 Å². The molecule has 5 atom stereocenters. The Morgan fingerprint density at radius 1 is 0.456 bits per heavy atom. The molecule has 21 nitrogen and oxygen atoms in total. The van der Waals surface area contributed by atoms with Gasteiger partial charge in [-0.25, -0.2) is 0 Å². The van der Waals surface area contributed by atoms with Gasteiger partial charge < -0.3 is 43.6 Å². The highest BCUT2D eigenvalue weighted by Crippen LogP contribution is 2.30. The zero-order chi connectivity index (χ0) is 41.1. The van der Waals surface area contributed by atoms with Gasteiger partial charge in [0.2, 0.25) is 0 Å². The molecule has 1 aliphatic rings. The van der Waals surface area contributed by atoms with Crippen molar-refractivity contribution >= 4 is 47.0 Å². The van der Waals surface area contributed by atoms with Crippen molar-refractivity contribution in [3.63, 3.8) is 0 Å². The molecule has 1 fully saturated rings. The van der Waals surface area contributed by atoms with Gasteiger partial charge in [0.15, 0.2) is 6.29 Å². The van der Waals surface area contributed by atoms with E-state index >= 15 is 0 Å². The molecule has 0 spiro atoms. The number of ether oxygens (including phenoxy) is 8. The largest absolute Gasteiger partial charge is 0.379 e. The van der Waals surface area contributed by atoms with Crippen LogP contribution in [0.5, 0.6) is 0 Å². The monoisotopic (exact) mass is 883 g/mol. The summed E-state index contributed by atoms with van der Waals surface area (Å²) in [5.41, 5.74) is 39.7. The van der Waals surface area contributed by atoms with Gasteiger partial charge in [0.1, 0.15) is 24.4 Å². The summed E-state index contributed by atoms with van der Waals surface area (Å²) in [4.78, 5) is 11.2. The van der Waals surface area contributed by atoms with Crippen LogP contribution in [-0.4, -0.2) is 176 Å². The van der Waals surface area contributed by atoms with E-state index in [1.807, 2.05) is 0 Å². The lowest BCUT2D eigenvalue weighted by Crippen LogP contribution is -2.62. The molecule has 0 saturated carbocycles. The second-order valence-corrected chi connectivity index (χ2v) is 16.6. The number of hydrogen-bond donors (Lipinski definition) is 1. The third-order valence-corrected chi connectivity index (χ3v) is 11.6. The Balaban J connectivity index is 3.14. The summed E-state index contributed by atoms with van der Waals surface area (Å²) < 4.78 is 50.0. The van der Waals surface area contributed by atoms with Gasteiger partial charge in [-0.15, -0.1) is 0 Å². The van der Waals surface area contributed by atoms with Crippen molar-refractivity contribution in [3.8, 4) is 0 Å². The first kappa shape index (κ1) is 53.3. The maximum Gasteiger partial charge on any atom is 0.187 e. The molecule has 0 aromatic rings. The van der Waals surface area contributed by atoms with Crippen LogP contribution in [0.4, 0.5) is 0 Å². The summed E-state index contributed by atoms with van der Waals surface area (Å²) in [7, 11) is 0. The van der Waals surface area contributed by atoms with Gasteiger partial charge in [0, 0.05) is 78.8 Å². The number of nitrogens with zero attached hydrogens (tertiary/aromatic N) is 12. The van der Waals surface area contributed by atoms with Gasteiger partial charge in [-0.3, -0.25) is 0 Å². The van der Waals surface area contributed by atoms with Crippen molar-refractivity contribution < 1.29 is 37.9 Å². The minimum Gasteiger partial charge on any atom is -0.379 e. The second kappa shape index (κ2) is 42.4. The second-order valence-electron chi connectivity index (χ2n) is 11.7. The first-order valence-electron chi connectivity index (χ1n) is 19.1. The lowest BCUT2D eigenvalue weighted by Gasteiger charge is -2.46. The van der Waals surface area contributed by atoms with Crippen LogP contribution >= 0.6 is 47.0 Å². The average molecular weight is 884 g/mol. The van der Waals surface area contributed by atoms with Gasteiger partial charge in [-0.2, -0.15) is 47.0 Å². The van der Waals surface area contributed by atoms with E-state index in [1.165, 1.54) is 0 Å². The fraction of sp³-hybridized carbons (Fsp3) is 1.00. The molecule has 1 aliphatic heterocycles. The van der Waals surface area contributed by atoms with Crippen molar-refractivity contribution in [1.82, 2.24) is 0 Å². The molecule has 2 N–H and O–H groups in total. The Bertz CT molecular complexity index is 1160. The molecule has 0 aromatic heterocycles. The quantitative estimate of drug-likeness (QED) is 0.0292. The number of thioether (sulfide) groups is 4. The summed E-state index contributed by atoms with van der Waals surface area (Å²) in [6.45, 7) is 6.09. The Hall–Kier alpha value is -1.72. The van der Waals surface area contributed by atoms with Crippen LogP contribution in [0.1, 0.15) is 25.7 Å². The van der Waals surface area contributed by atoms with Gasteiger partial charge in [-0.1, -0.05) is 20.5 Å². The van der Waals surface area contributed by atoms with E-state index in [1.54, 1.807) is 47.0 Å². The zero-order valence-corrected chi connectivity index (χ0v) is 36.1. The molecular formula is C32H61N13O8S4. The predicted molar refractivity (Wildman–Crippen MR) is 229 cm³/mol. The number of rotatable bonds is 42. The zero-order valence-electron chi connectivity index (χ0n) is 32.8. The molecule has 0 bridgehead atoms. The molecule has 0 aromatic carbocycles. The van der Waals surface area contributed by atoms with Crippen molar-refractivity contribution in [2.45, 2.75) is 56.4 Å². The van der Waals surface area contributed by atoms with Crippen LogP contribution in [0.2, 0.25) is 0 Å². The summed E-state index contributed by atoms with van der Waals surface area (Å²) in [5.74, 6) is 6.25. The summed E-state index contributed by atoms with van der Waals surface area (Å²) in [5, 5.41) is 14.4. The minimum atomic E-state index is -0.802. The van der Waals surface area contributed by atoms with E-state index in [2.05, 4.69) is 40.1 Å². The Morgan fingerprint density at radius 3 is 1.35 bits per heavy atom. The summed E-state index contributed by atoms with van der Waals surface area (Å²) in [6, 6.07) is 0. The van der Waals surface area contributed by atoms with Crippen LogP contribution in [0, 0.1) is 0 Å². The van der Waals surface area contributed by atoms with Crippen LogP contribution < -0.4 is 5.73 Å². The minimum absolute atomic E-state index is 0.241. The molecule has 0 amide bonds. The third-order valence-electron chi connectivity index (χ3n) is 7.42. The van der Waals surface area contributed by atoms with Gasteiger partial charge in [0.25, 0.3) is 0 Å². The standard InChI is InChI=1S/C32H61N13O8S4/c33-5-14-46-15-16-47-17-18-52-32-31(51-13-4-22-57-26-9-41-45-37)30(50-12-3-21-56-25-8-40-44-36)29(49-11-2-20-55-24-7-39-43-35)28(53-32)27-48-10-1-19-54-23-6-38-42-34/h28-32H,1-27,33H2/t28?,29-,30+,31?,32-/m1/s1. The number of hydrogen-bond acceptors (Lipinski definition) is 17. The fourth-order valence-electron chi connectivity index (χ4n) is 4.95. The average Bonchev–Trinajstić information content (AvgIpc) is 3.22. The van der Waals surface area contributed by atoms with Crippen molar-refractivity contribution in [3.05, 3.63) is 41.8 Å². The Labute approximate surface area is 352 Å². The molecule has 1 rings (SSSR count). The van der Waals surface area contributed by atoms with Crippen molar-refractivity contribution in [1.29, 1.82) is 0 Å². The van der Waals surface area contributed by atoms with E-state index in [0.29, 0.717) is 85.6 Å². The third kappa shape index (κ3) is 30.9. The lowest BCUT2D eigenvalue weighted by molar-refractivity contribution is -0.324. The van der Waals surface area contributed by atoms with Crippen molar-refractivity contribution in [2.75, 3.05) is 145 Å². The van der Waals surface area contributed by atoms with Gasteiger partial charge in [-0.05, 0) is 93.8 Å². The van der Waals surface area contributed by atoms with E-state index in [0.717, 1.165) is 71.7 Å². The molecule has 1 heterocycles. The number of azide groups is 4. The summed E-state index contributed by atoms with van der Waals surface area (Å²) in [6.07, 6.45) is 0.0207. The summed E-state index contributed by atoms with van der Waals surface area (Å²) >= 11 is 6.78. The van der Waals surface area contributed by atoms with Gasteiger partial charge in [0.05, 0.1) is 39.6 Å². The molecule has 0 radical (unpaired) electrons. The van der Waals surface area contributed by atoms with E-state index in [4.69, 9.17) is 65.8 Å². The highest BCUT2D eigenvalue weighted by Gasteiger charge is 2.49. The SMILES string of the molecule is [N-]=[N+]=NCCSCCCOCC1O[C@@H](OCCOCCOCCN)C(OCCCSCCN=[N+]=[N-])[C@@H](OCCCSCCN=[N+]=[N-])[C@@H]1OCCCSCCN=[N+]=[N-]. The van der Waals surface area contributed by atoms with Gasteiger partial charge >= 0.3 is 0 Å². The molecule has 57 heavy (non-hydrogen) atoms. The smallest absolute Gasteiger partial charge is 0.187 e. The topological polar surface area (TPSA) is 295 Å². The highest BCUT2D eigenvalue weighted by atomic mass is 32.2. The predicted octanol–water partition coefficient (Wildman–Crippen LogP) is 6.63. The fourth-order valence-corrected chi connectivity index (χ4v) is 7.90. The van der Waals surface area contributed by atoms with E-state index < -0.39 is 30.7 Å². The van der Waals surface area contributed by atoms with Crippen molar-refractivity contribution in [2.24, 2.45) is 26.2 Å². The first-order chi connectivity index (χ1) is 28.2. The molecular weight excluding hydrogens is 823 g/mol. The van der Waals surface area contributed by atoms with Crippen LogP contribution in [0.15, 0.2) is 20.5 Å². The van der Waals surface area contributed by atoms with Crippen LogP contribution in [0.25, 0.3) is 41.8 Å². The first-order valence-corrected chi connectivity index (χ1v) is 23.7. The molecule has 326 valence electrons. The van der Waals surface area contributed by atoms with E-state index in [9.17, 15) is 0 Å². The maximum atomic E-state index is 8.58. The Morgan fingerprint density at radius 2 is 0.877 bits per heavy atom. The highest BCUT2D eigenvalue weighted by molar-refractivity contribution is 7.99. The molecule has 25 heteroatoms.